The Morgan fingerprint density at radius 3 is 2.65 bits per heavy atom. The minimum Gasteiger partial charge on any atom is -0.393 e. The molecule has 96 valence electrons. The summed E-state index contributed by atoms with van der Waals surface area (Å²) in [6, 6.07) is 0. The number of rotatable bonds is 2. The Balaban J connectivity index is 1.61. The number of piperidine rings is 1. The summed E-state index contributed by atoms with van der Waals surface area (Å²) in [4.78, 5) is 2.54. The van der Waals surface area contributed by atoms with E-state index >= 15 is 0 Å². The zero-order chi connectivity index (χ0) is 12.0. The Kier molecular flexibility index (Phi) is 2.83. The van der Waals surface area contributed by atoms with Crippen LogP contribution in [-0.2, 0) is 0 Å². The first kappa shape index (κ1) is 11.7. The lowest BCUT2D eigenvalue weighted by molar-refractivity contribution is -0.0127. The van der Waals surface area contributed by atoms with Crippen LogP contribution in [0.15, 0.2) is 11.6 Å². The SMILES string of the molecule is CC1(C)[C@@H]2CC=C(CN3CCC(O)CC3)[C@H]1C2. The van der Waals surface area contributed by atoms with Crippen molar-refractivity contribution in [2.24, 2.45) is 17.3 Å². The number of nitrogens with zero attached hydrogens (tertiary/aromatic N) is 1. The zero-order valence-electron chi connectivity index (χ0n) is 11.2. The van der Waals surface area contributed by atoms with Gasteiger partial charge in [0.25, 0.3) is 0 Å². The van der Waals surface area contributed by atoms with Gasteiger partial charge in [-0.2, -0.15) is 0 Å². The molecule has 0 aromatic carbocycles. The van der Waals surface area contributed by atoms with E-state index in [1.165, 1.54) is 12.8 Å². The first-order valence-corrected chi connectivity index (χ1v) is 7.16. The van der Waals surface area contributed by atoms with Crippen molar-refractivity contribution >= 4 is 0 Å². The van der Waals surface area contributed by atoms with Crippen LogP contribution in [0.2, 0.25) is 0 Å². The molecule has 0 unspecified atom stereocenters. The summed E-state index contributed by atoms with van der Waals surface area (Å²) in [5, 5.41) is 9.53. The number of hydrogen-bond acceptors (Lipinski definition) is 2. The van der Waals surface area contributed by atoms with Crippen LogP contribution in [0.1, 0.15) is 39.5 Å². The molecule has 1 aliphatic heterocycles. The molecule has 0 aromatic heterocycles. The van der Waals surface area contributed by atoms with Crippen LogP contribution < -0.4 is 0 Å². The van der Waals surface area contributed by atoms with E-state index in [2.05, 4.69) is 24.8 Å². The van der Waals surface area contributed by atoms with Crippen molar-refractivity contribution in [1.82, 2.24) is 4.90 Å². The van der Waals surface area contributed by atoms with Crippen molar-refractivity contribution in [2.75, 3.05) is 19.6 Å². The Morgan fingerprint density at radius 2 is 2.06 bits per heavy atom. The van der Waals surface area contributed by atoms with E-state index in [1.807, 2.05) is 0 Å². The molecule has 2 bridgehead atoms. The van der Waals surface area contributed by atoms with Gasteiger partial charge in [-0.1, -0.05) is 25.5 Å². The minimum absolute atomic E-state index is 0.0453. The van der Waals surface area contributed by atoms with Crippen molar-refractivity contribution in [2.45, 2.75) is 45.6 Å². The molecule has 17 heavy (non-hydrogen) atoms. The number of aliphatic hydroxyl groups is 1. The monoisotopic (exact) mass is 235 g/mol. The number of likely N-dealkylation sites (tertiary alicyclic amines) is 1. The lowest BCUT2D eigenvalue weighted by atomic mass is 9.49. The van der Waals surface area contributed by atoms with E-state index in [4.69, 9.17) is 0 Å². The van der Waals surface area contributed by atoms with E-state index in [0.29, 0.717) is 5.41 Å². The maximum Gasteiger partial charge on any atom is 0.0564 e. The van der Waals surface area contributed by atoms with Crippen LogP contribution in [0.3, 0.4) is 0 Å². The van der Waals surface area contributed by atoms with Crippen molar-refractivity contribution in [3.63, 3.8) is 0 Å². The minimum atomic E-state index is -0.0453. The van der Waals surface area contributed by atoms with E-state index in [1.54, 1.807) is 5.57 Å². The Bertz CT molecular complexity index is 326. The van der Waals surface area contributed by atoms with Crippen LogP contribution in [-0.4, -0.2) is 35.7 Å². The number of hydrogen-bond donors (Lipinski definition) is 1. The lowest BCUT2D eigenvalue weighted by Crippen LogP contribution is -2.50. The largest absolute Gasteiger partial charge is 0.393 e. The summed E-state index contributed by atoms with van der Waals surface area (Å²) in [5.74, 6) is 1.78. The highest BCUT2D eigenvalue weighted by Gasteiger charge is 2.51. The molecule has 2 atom stereocenters. The highest BCUT2D eigenvalue weighted by atomic mass is 16.3. The van der Waals surface area contributed by atoms with Crippen LogP contribution in [0.4, 0.5) is 0 Å². The molecule has 0 amide bonds. The fourth-order valence-electron chi connectivity index (χ4n) is 3.99. The predicted octanol–water partition coefficient (Wildman–Crippen LogP) is 2.44. The Labute approximate surface area is 105 Å². The molecule has 2 fully saturated rings. The molecule has 4 aliphatic rings. The number of aliphatic hydroxyl groups excluding tert-OH is 1. The van der Waals surface area contributed by atoms with Crippen molar-refractivity contribution in [1.29, 1.82) is 0 Å². The lowest BCUT2D eigenvalue weighted by Gasteiger charge is -2.57. The van der Waals surface area contributed by atoms with Crippen LogP contribution in [0.25, 0.3) is 0 Å². The first-order chi connectivity index (χ1) is 8.07. The second-order valence-electron chi connectivity index (χ2n) is 6.83. The third-order valence-corrected chi connectivity index (χ3v) is 5.55. The fourth-order valence-corrected chi connectivity index (χ4v) is 3.99. The molecule has 0 aromatic rings. The van der Waals surface area contributed by atoms with Gasteiger partial charge in [0, 0.05) is 19.6 Å². The van der Waals surface area contributed by atoms with Gasteiger partial charge < -0.3 is 5.11 Å². The normalized spacial score (nSPS) is 37.5. The fraction of sp³-hybridized carbons (Fsp3) is 0.867. The van der Waals surface area contributed by atoms with Crippen molar-refractivity contribution < 1.29 is 5.11 Å². The molecular weight excluding hydrogens is 210 g/mol. The summed E-state index contributed by atoms with van der Waals surface area (Å²) in [7, 11) is 0. The summed E-state index contributed by atoms with van der Waals surface area (Å²) in [6.07, 6.45) is 7.12. The van der Waals surface area contributed by atoms with Gasteiger partial charge in [-0.3, -0.25) is 4.90 Å². The molecule has 4 rings (SSSR count). The molecule has 2 heteroatoms. The summed E-state index contributed by atoms with van der Waals surface area (Å²) in [5.41, 5.74) is 2.24. The van der Waals surface area contributed by atoms with Gasteiger partial charge in [-0.05, 0) is 42.9 Å². The smallest absolute Gasteiger partial charge is 0.0564 e. The van der Waals surface area contributed by atoms with Gasteiger partial charge in [0.2, 0.25) is 0 Å². The molecule has 2 nitrogen and oxygen atoms in total. The number of fused-ring (bicyclic) bond motifs is 1. The van der Waals surface area contributed by atoms with Gasteiger partial charge in [-0.15, -0.1) is 0 Å². The van der Waals surface area contributed by atoms with E-state index in [0.717, 1.165) is 44.3 Å². The van der Waals surface area contributed by atoms with Crippen molar-refractivity contribution in [3.05, 3.63) is 11.6 Å². The Morgan fingerprint density at radius 1 is 1.35 bits per heavy atom. The van der Waals surface area contributed by atoms with Gasteiger partial charge in [0.15, 0.2) is 0 Å². The summed E-state index contributed by atoms with van der Waals surface area (Å²) >= 11 is 0. The molecule has 1 heterocycles. The predicted molar refractivity (Wildman–Crippen MR) is 69.8 cm³/mol. The second-order valence-corrected chi connectivity index (χ2v) is 6.83. The molecule has 1 saturated carbocycles. The molecule has 0 spiro atoms. The van der Waals surface area contributed by atoms with Crippen LogP contribution in [0, 0.1) is 17.3 Å². The van der Waals surface area contributed by atoms with E-state index < -0.39 is 0 Å². The zero-order valence-corrected chi connectivity index (χ0v) is 11.2. The molecular formula is C15H25NO. The maximum atomic E-state index is 9.53. The van der Waals surface area contributed by atoms with Crippen LogP contribution >= 0.6 is 0 Å². The van der Waals surface area contributed by atoms with E-state index in [-0.39, 0.29) is 6.10 Å². The van der Waals surface area contributed by atoms with Gasteiger partial charge in [0.1, 0.15) is 0 Å². The highest BCUT2D eigenvalue weighted by Crippen LogP contribution is 2.59. The maximum absolute atomic E-state index is 9.53. The van der Waals surface area contributed by atoms with Gasteiger partial charge >= 0.3 is 0 Å². The summed E-state index contributed by atoms with van der Waals surface area (Å²) in [6.45, 7) is 8.20. The molecule has 0 radical (unpaired) electrons. The molecule has 1 N–H and O–H groups in total. The summed E-state index contributed by atoms with van der Waals surface area (Å²) < 4.78 is 0. The highest BCUT2D eigenvalue weighted by molar-refractivity contribution is 5.24. The average Bonchev–Trinajstić information content (AvgIpc) is 2.32. The van der Waals surface area contributed by atoms with Crippen LogP contribution in [0.5, 0.6) is 0 Å². The first-order valence-electron chi connectivity index (χ1n) is 7.16. The quantitative estimate of drug-likeness (QED) is 0.743. The van der Waals surface area contributed by atoms with E-state index in [9.17, 15) is 5.11 Å². The van der Waals surface area contributed by atoms with Crippen molar-refractivity contribution in [3.8, 4) is 0 Å². The molecule has 3 aliphatic carbocycles. The second kappa shape index (κ2) is 4.10. The standard InChI is InChI=1S/C15H25NO/c1-15(2)12-4-3-11(14(15)9-12)10-16-7-5-13(17)6-8-16/h3,12-14,17H,4-10H2,1-2H3/t12-,14-/m1/s1. The van der Waals surface area contributed by atoms with Gasteiger partial charge in [0.05, 0.1) is 6.10 Å². The Hall–Kier alpha value is -0.340. The van der Waals surface area contributed by atoms with Gasteiger partial charge in [-0.25, -0.2) is 0 Å². The average molecular weight is 235 g/mol. The third kappa shape index (κ3) is 1.96. The topological polar surface area (TPSA) is 23.5 Å². The molecule has 1 saturated heterocycles. The number of allylic oxidation sites excluding steroid dienone is 1. The third-order valence-electron chi connectivity index (χ3n) is 5.55.